The molecule has 1 aromatic rings. The minimum absolute atomic E-state index is 0.715. The van der Waals surface area contributed by atoms with Crippen LogP contribution in [-0.2, 0) is 6.54 Å². The largest absolute Gasteiger partial charge is 0.492 e. The minimum Gasteiger partial charge on any atom is -0.492 e. The van der Waals surface area contributed by atoms with E-state index >= 15 is 0 Å². The van der Waals surface area contributed by atoms with Crippen LogP contribution in [-0.4, -0.2) is 43.2 Å². The van der Waals surface area contributed by atoms with Gasteiger partial charge >= 0.3 is 0 Å². The second-order valence-electron chi connectivity index (χ2n) is 4.79. The molecule has 1 aliphatic carbocycles. The van der Waals surface area contributed by atoms with E-state index in [1.165, 1.54) is 12.8 Å². The number of rotatable bonds is 7. The highest BCUT2D eigenvalue weighted by Crippen LogP contribution is 2.19. The molecule has 0 aliphatic heterocycles. The predicted molar refractivity (Wildman–Crippen MR) is 68.1 cm³/mol. The zero-order valence-corrected chi connectivity index (χ0v) is 10.6. The van der Waals surface area contributed by atoms with Crippen LogP contribution in [0.1, 0.15) is 18.5 Å². The van der Waals surface area contributed by atoms with Gasteiger partial charge in [-0.2, -0.15) is 0 Å². The quantitative estimate of drug-likeness (QED) is 0.772. The zero-order valence-electron chi connectivity index (χ0n) is 10.6. The molecule has 0 radical (unpaired) electrons. The van der Waals surface area contributed by atoms with Crippen molar-refractivity contribution in [2.45, 2.75) is 25.4 Å². The highest BCUT2D eigenvalue weighted by molar-refractivity contribution is 5.22. The Kier molecular flexibility index (Phi) is 4.34. The summed E-state index contributed by atoms with van der Waals surface area (Å²) in [6.07, 6.45) is 4.42. The third kappa shape index (κ3) is 4.71. The summed E-state index contributed by atoms with van der Waals surface area (Å²) in [4.78, 5) is 6.44. The van der Waals surface area contributed by atoms with Crippen LogP contribution in [0.5, 0.6) is 5.75 Å². The number of likely N-dealkylation sites (N-methyl/N-ethyl adjacent to an activating group) is 1. The molecule has 2 rings (SSSR count). The summed E-state index contributed by atoms with van der Waals surface area (Å²) in [7, 11) is 4.09. The van der Waals surface area contributed by atoms with Crippen LogP contribution in [0.4, 0.5) is 0 Å². The van der Waals surface area contributed by atoms with E-state index in [1.54, 1.807) is 0 Å². The van der Waals surface area contributed by atoms with Gasteiger partial charge in [-0.1, -0.05) is 0 Å². The maximum Gasteiger partial charge on any atom is 0.122 e. The van der Waals surface area contributed by atoms with Crippen molar-refractivity contribution < 1.29 is 4.74 Å². The van der Waals surface area contributed by atoms with Crippen LogP contribution in [0.2, 0.25) is 0 Å². The van der Waals surface area contributed by atoms with Gasteiger partial charge in [0.2, 0.25) is 0 Å². The Bertz CT molecular complexity index is 350. The second kappa shape index (κ2) is 5.98. The summed E-state index contributed by atoms with van der Waals surface area (Å²) in [6, 6.07) is 4.65. The number of ether oxygens (including phenoxy) is 1. The number of pyridine rings is 1. The van der Waals surface area contributed by atoms with Gasteiger partial charge in [0.25, 0.3) is 0 Å². The Morgan fingerprint density at radius 3 is 3.00 bits per heavy atom. The average molecular weight is 235 g/mol. The second-order valence-corrected chi connectivity index (χ2v) is 4.79. The lowest BCUT2D eigenvalue weighted by atomic mass is 10.3. The number of hydrogen-bond donors (Lipinski definition) is 1. The molecule has 1 saturated carbocycles. The Hall–Kier alpha value is -1.13. The van der Waals surface area contributed by atoms with Crippen molar-refractivity contribution in [1.29, 1.82) is 0 Å². The van der Waals surface area contributed by atoms with Crippen molar-refractivity contribution in [3.63, 3.8) is 0 Å². The van der Waals surface area contributed by atoms with Crippen LogP contribution in [0.15, 0.2) is 18.3 Å². The van der Waals surface area contributed by atoms with Gasteiger partial charge < -0.3 is 15.0 Å². The van der Waals surface area contributed by atoms with Crippen molar-refractivity contribution in [2.75, 3.05) is 27.2 Å². The van der Waals surface area contributed by atoms with Gasteiger partial charge in [0.15, 0.2) is 0 Å². The maximum absolute atomic E-state index is 5.67. The standard InChI is InChI=1S/C13H21N3O/c1-16(2)7-8-17-13-5-6-14-12(9-13)10-15-11-3-4-11/h5-6,9,11,15H,3-4,7-8,10H2,1-2H3. The fourth-order valence-electron chi connectivity index (χ4n) is 1.52. The molecule has 1 N–H and O–H groups in total. The number of nitrogens with one attached hydrogen (secondary N) is 1. The first-order chi connectivity index (χ1) is 8.24. The van der Waals surface area contributed by atoms with Crippen LogP contribution in [0.25, 0.3) is 0 Å². The summed E-state index contributed by atoms with van der Waals surface area (Å²) in [5.74, 6) is 0.912. The van der Waals surface area contributed by atoms with Crippen LogP contribution in [0, 0.1) is 0 Å². The Morgan fingerprint density at radius 2 is 2.29 bits per heavy atom. The normalized spacial score (nSPS) is 15.2. The van der Waals surface area contributed by atoms with Gasteiger partial charge in [-0.25, -0.2) is 0 Å². The first-order valence-corrected chi connectivity index (χ1v) is 6.20. The topological polar surface area (TPSA) is 37.4 Å². The molecule has 0 aromatic carbocycles. The lowest BCUT2D eigenvalue weighted by molar-refractivity contribution is 0.261. The van der Waals surface area contributed by atoms with Crippen molar-refractivity contribution >= 4 is 0 Å². The zero-order chi connectivity index (χ0) is 12.1. The van der Waals surface area contributed by atoms with E-state index in [4.69, 9.17) is 4.74 Å². The van der Waals surface area contributed by atoms with E-state index in [9.17, 15) is 0 Å². The van der Waals surface area contributed by atoms with Crippen LogP contribution < -0.4 is 10.1 Å². The van der Waals surface area contributed by atoms with Gasteiger partial charge in [0.05, 0.1) is 5.69 Å². The smallest absolute Gasteiger partial charge is 0.122 e. The third-order valence-corrected chi connectivity index (χ3v) is 2.74. The third-order valence-electron chi connectivity index (χ3n) is 2.74. The molecular formula is C13H21N3O. The molecule has 1 aromatic heterocycles. The first-order valence-electron chi connectivity index (χ1n) is 6.20. The molecule has 1 aliphatic rings. The molecule has 1 fully saturated rings. The Balaban J connectivity index is 1.78. The monoisotopic (exact) mass is 235 g/mol. The fraction of sp³-hybridized carbons (Fsp3) is 0.615. The number of nitrogens with zero attached hydrogens (tertiary/aromatic N) is 2. The molecule has 0 spiro atoms. The molecule has 4 nitrogen and oxygen atoms in total. The molecule has 0 unspecified atom stereocenters. The van der Waals surface area contributed by atoms with E-state index in [0.29, 0.717) is 6.61 Å². The molecule has 0 atom stereocenters. The molecule has 4 heteroatoms. The van der Waals surface area contributed by atoms with Gasteiger partial charge in [0.1, 0.15) is 12.4 Å². The Morgan fingerprint density at radius 1 is 1.47 bits per heavy atom. The minimum atomic E-state index is 0.715. The summed E-state index contributed by atoms with van der Waals surface area (Å²) in [5, 5.41) is 3.45. The first kappa shape index (κ1) is 12.3. The van der Waals surface area contributed by atoms with Gasteiger partial charge in [-0.3, -0.25) is 4.98 Å². The SMILES string of the molecule is CN(C)CCOc1ccnc(CNC2CC2)c1. The van der Waals surface area contributed by atoms with Crippen molar-refractivity contribution in [3.05, 3.63) is 24.0 Å². The summed E-state index contributed by atoms with van der Waals surface area (Å²) < 4.78 is 5.67. The van der Waals surface area contributed by atoms with E-state index in [0.717, 1.165) is 30.6 Å². The Labute approximate surface area is 103 Å². The molecular weight excluding hydrogens is 214 g/mol. The maximum atomic E-state index is 5.67. The van der Waals surface area contributed by atoms with Crippen molar-refractivity contribution in [1.82, 2.24) is 15.2 Å². The number of hydrogen-bond acceptors (Lipinski definition) is 4. The number of aromatic nitrogens is 1. The highest BCUT2D eigenvalue weighted by atomic mass is 16.5. The molecule has 0 saturated heterocycles. The summed E-state index contributed by atoms with van der Waals surface area (Å²) in [5.41, 5.74) is 1.05. The van der Waals surface area contributed by atoms with E-state index in [2.05, 4.69) is 15.2 Å². The molecule has 0 amide bonds. The van der Waals surface area contributed by atoms with E-state index < -0.39 is 0 Å². The molecule has 1 heterocycles. The van der Waals surface area contributed by atoms with Crippen molar-refractivity contribution in [3.8, 4) is 5.75 Å². The van der Waals surface area contributed by atoms with Crippen LogP contribution >= 0.6 is 0 Å². The van der Waals surface area contributed by atoms with Gasteiger partial charge in [-0.05, 0) is 33.0 Å². The molecule has 0 bridgehead atoms. The average Bonchev–Trinajstić information content (AvgIpc) is 3.10. The predicted octanol–water partition coefficient (Wildman–Crippen LogP) is 1.27. The van der Waals surface area contributed by atoms with E-state index in [1.807, 2.05) is 32.4 Å². The molecule has 17 heavy (non-hydrogen) atoms. The fourth-order valence-corrected chi connectivity index (χ4v) is 1.52. The van der Waals surface area contributed by atoms with Gasteiger partial charge in [0, 0.05) is 31.4 Å². The molecule has 94 valence electrons. The summed E-state index contributed by atoms with van der Waals surface area (Å²) in [6.45, 7) is 2.49. The van der Waals surface area contributed by atoms with Crippen molar-refractivity contribution in [2.24, 2.45) is 0 Å². The van der Waals surface area contributed by atoms with Crippen LogP contribution in [0.3, 0.4) is 0 Å². The van der Waals surface area contributed by atoms with E-state index in [-0.39, 0.29) is 0 Å². The lowest BCUT2D eigenvalue weighted by Crippen LogP contribution is -2.19. The lowest BCUT2D eigenvalue weighted by Gasteiger charge is -2.11. The van der Waals surface area contributed by atoms with Gasteiger partial charge in [-0.15, -0.1) is 0 Å². The highest BCUT2D eigenvalue weighted by Gasteiger charge is 2.20. The summed E-state index contributed by atoms with van der Waals surface area (Å²) >= 11 is 0.